The Kier molecular flexibility index (Phi) is 7.63. The van der Waals surface area contributed by atoms with Gasteiger partial charge in [-0.1, -0.05) is 18.2 Å². The molecule has 0 saturated heterocycles. The fourth-order valence-electron chi connectivity index (χ4n) is 2.90. The van der Waals surface area contributed by atoms with E-state index in [4.69, 9.17) is 4.74 Å². The molecule has 0 fully saturated rings. The summed E-state index contributed by atoms with van der Waals surface area (Å²) in [7, 11) is 0. The maximum Gasteiger partial charge on any atom is 0.204 e. The van der Waals surface area contributed by atoms with Crippen molar-refractivity contribution in [2.75, 3.05) is 6.61 Å². The summed E-state index contributed by atoms with van der Waals surface area (Å²) >= 11 is 3.36. The van der Waals surface area contributed by atoms with Crippen LogP contribution in [0.5, 0.6) is 5.75 Å². The first kappa shape index (κ1) is 21.2. The fourth-order valence-corrected chi connectivity index (χ4v) is 3.20. The fraction of sp³-hybridized carbons (Fsp3) is 0.238. The van der Waals surface area contributed by atoms with Crippen molar-refractivity contribution in [2.24, 2.45) is 0 Å². The van der Waals surface area contributed by atoms with Crippen LogP contribution in [0.15, 0.2) is 57.9 Å². The third kappa shape index (κ3) is 5.21. The molecule has 0 aliphatic rings. The lowest BCUT2D eigenvalue weighted by atomic mass is 10.0. The van der Waals surface area contributed by atoms with E-state index in [0.717, 1.165) is 41.2 Å². The Morgan fingerprint density at radius 3 is 2.48 bits per heavy atom. The predicted octanol–water partition coefficient (Wildman–Crippen LogP) is 5.25. The van der Waals surface area contributed by atoms with E-state index in [1.54, 1.807) is 0 Å². The molecule has 142 valence electrons. The van der Waals surface area contributed by atoms with E-state index in [-0.39, 0.29) is 17.8 Å². The van der Waals surface area contributed by atoms with Crippen LogP contribution in [0, 0.1) is 13.8 Å². The Morgan fingerprint density at radius 1 is 1.07 bits per heavy atom. The molecule has 0 unspecified atom stereocenters. The molecular formula is C21H22BrClN2O2. The van der Waals surface area contributed by atoms with Gasteiger partial charge in [-0.15, -0.1) is 12.4 Å². The number of pyridine rings is 2. The highest BCUT2D eigenvalue weighted by Gasteiger charge is 2.12. The second kappa shape index (κ2) is 9.72. The van der Waals surface area contributed by atoms with Crippen molar-refractivity contribution in [3.05, 3.63) is 80.4 Å². The van der Waals surface area contributed by atoms with Crippen LogP contribution in [0.3, 0.4) is 0 Å². The molecule has 3 rings (SSSR count). The minimum absolute atomic E-state index is 0. The number of ether oxygens (including phenoxy) is 1. The molecule has 0 radical (unpaired) electrons. The van der Waals surface area contributed by atoms with Crippen molar-refractivity contribution in [1.82, 2.24) is 9.97 Å². The lowest BCUT2D eigenvalue weighted by Crippen LogP contribution is -2.11. The van der Waals surface area contributed by atoms with Gasteiger partial charge >= 0.3 is 0 Å². The third-order valence-electron chi connectivity index (χ3n) is 4.22. The number of nitrogens with one attached hydrogen (secondary N) is 1. The molecule has 2 heterocycles. The smallest absolute Gasteiger partial charge is 0.204 e. The molecule has 0 bridgehead atoms. The third-order valence-corrected chi connectivity index (χ3v) is 5.18. The zero-order chi connectivity index (χ0) is 18.5. The van der Waals surface area contributed by atoms with Crippen molar-refractivity contribution in [3.8, 4) is 16.9 Å². The summed E-state index contributed by atoms with van der Waals surface area (Å²) in [5.41, 5.74) is 4.34. The van der Waals surface area contributed by atoms with Crippen LogP contribution < -0.4 is 10.2 Å². The van der Waals surface area contributed by atoms with E-state index >= 15 is 0 Å². The van der Waals surface area contributed by atoms with Gasteiger partial charge in [0.15, 0.2) is 0 Å². The number of aryl methyl sites for hydroxylation is 3. The number of H-pyrrole nitrogens is 1. The number of halogens is 2. The molecule has 3 aromatic rings. The molecule has 0 spiro atoms. The van der Waals surface area contributed by atoms with E-state index in [0.29, 0.717) is 16.6 Å². The molecular weight excluding hydrogens is 428 g/mol. The summed E-state index contributed by atoms with van der Waals surface area (Å²) in [5.74, 6) is 0.801. The van der Waals surface area contributed by atoms with Gasteiger partial charge < -0.3 is 9.72 Å². The van der Waals surface area contributed by atoms with Crippen LogP contribution in [0.1, 0.15) is 23.5 Å². The molecule has 2 aromatic heterocycles. The minimum atomic E-state index is 0. The molecule has 0 aliphatic carbocycles. The standard InChI is InChI=1S/C21H21BrN2O2.ClH/c1-14-19(21(25)20(22)15(2)24-14)16-8-10-18(11-9-16)26-13-5-7-17-6-3-4-12-23-17;/h3-4,6,8-12H,5,7,13H2,1-2H3,(H,24,25);1H. The van der Waals surface area contributed by atoms with E-state index in [1.165, 1.54) is 0 Å². The maximum atomic E-state index is 12.5. The van der Waals surface area contributed by atoms with Gasteiger partial charge in [-0.25, -0.2) is 0 Å². The minimum Gasteiger partial charge on any atom is -0.494 e. The van der Waals surface area contributed by atoms with Gasteiger partial charge in [-0.05, 0) is 72.4 Å². The van der Waals surface area contributed by atoms with Gasteiger partial charge in [-0.2, -0.15) is 0 Å². The molecule has 0 aliphatic heterocycles. The van der Waals surface area contributed by atoms with Crippen molar-refractivity contribution in [2.45, 2.75) is 26.7 Å². The normalized spacial score (nSPS) is 10.3. The lowest BCUT2D eigenvalue weighted by Gasteiger charge is -2.10. The second-order valence-electron chi connectivity index (χ2n) is 6.19. The van der Waals surface area contributed by atoms with Crippen LogP contribution >= 0.6 is 28.3 Å². The largest absolute Gasteiger partial charge is 0.494 e. The van der Waals surface area contributed by atoms with Crippen LogP contribution in [0.4, 0.5) is 0 Å². The van der Waals surface area contributed by atoms with E-state index in [2.05, 4.69) is 25.9 Å². The van der Waals surface area contributed by atoms with Crippen molar-refractivity contribution in [1.29, 1.82) is 0 Å². The molecule has 1 N–H and O–H groups in total. The Balaban J connectivity index is 0.00000261. The zero-order valence-electron chi connectivity index (χ0n) is 15.3. The van der Waals surface area contributed by atoms with E-state index in [1.807, 2.05) is 62.5 Å². The maximum absolute atomic E-state index is 12.5. The molecule has 0 amide bonds. The summed E-state index contributed by atoms with van der Waals surface area (Å²) in [4.78, 5) is 20.1. The van der Waals surface area contributed by atoms with Crippen molar-refractivity contribution in [3.63, 3.8) is 0 Å². The molecule has 4 nitrogen and oxygen atoms in total. The van der Waals surface area contributed by atoms with E-state index in [9.17, 15) is 4.79 Å². The van der Waals surface area contributed by atoms with Gasteiger partial charge in [0, 0.05) is 28.8 Å². The summed E-state index contributed by atoms with van der Waals surface area (Å²) in [6.07, 6.45) is 3.61. The van der Waals surface area contributed by atoms with Crippen molar-refractivity contribution < 1.29 is 4.74 Å². The van der Waals surface area contributed by atoms with Gasteiger partial charge in [-0.3, -0.25) is 9.78 Å². The van der Waals surface area contributed by atoms with Gasteiger partial charge in [0.2, 0.25) is 5.43 Å². The Labute approximate surface area is 173 Å². The Hall–Kier alpha value is -2.11. The topological polar surface area (TPSA) is 55.0 Å². The molecule has 27 heavy (non-hydrogen) atoms. The molecule has 1 aromatic carbocycles. The number of nitrogens with zero attached hydrogens (tertiary/aromatic N) is 1. The quantitative estimate of drug-likeness (QED) is 0.523. The zero-order valence-corrected chi connectivity index (χ0v) is 17.7. The number of benzene rings is 1. The summed E-state index contributed by atoms with van der Waals surface area (Å²) in [6.45, 7) is 4.42. The highest BCUT2D eigenvalue weighted by atomic mass is 79.9. The predicted molar refractivity (Wildman–Crippen MR) is 115 cm³/mol. The van der Waals surface area contributed by atoms with Gasteiger partial charge in [0.05, 0.1) is 11.1 Å². The van der Waals surface area contributed by atoms with Gasteiger partial charge in [0.1, 0.15) is 5.75 Å². The van der Waals surface area contributed by atoms with Gasteiger partial charge in [0.25, 0.3) is 0 Å². The number of aromatic amines is 1. The lowest BCUT2D eigenvalue weighted by molar-refractivity contribution is 0.310. The Bertz CT molecular complexity index is 941. The Morgan fingerprint density at radius 2 is 1.81 bits per heavy atom. The average molecular weight is 450 g/mol. The van der Waals surface area contributed by atoms with Crippen LogP contribution in [-0.2, 0) is 6.42 Å². The number of hydrogen-bond acceptors (Lipinski definition) is 3. The summed E-state index contributed by atoms with van der Waals surface area (Å²) in [5, 5.41) is 0. The number of aromatic nitrogens is 2. The number of hydrogen-bond donors (Lipinski definition) is 1. The highest BCUT2D eigenvalue weighted by Crippen LogP contribution is 2.24. The summed E-state index contributed by atoms with van der Waals surface area (Å²) < 4.78 is 6.38. The number of rotatable bonds is 6. The first-order chi connectivity index (χ1) is 12.6. The van der Waals surface area contributed by atoms with Crippen LogP contribution in [-0.4, -0.2) is 16.6 Å². The van der Waals surface area contributed by atoms with Crippen LogP contribution in [0.2, 0.25) is 0 Å². The molecule has 0 atom stereocenters. The van der Waals surface area contributed by atoms with Crippen molar-refractivity contribution >= 4 is 28.3 Å². The second-order valence-corrected chi connectivity index (χ2v) is 6.98. The molecule has 6 heteroatoms. The summed E-state index contributed by atoms with van der Waals surface area (Å²) in [6, 6.07) is 13.6. The van der Waals surface area contributed by atoms with E-state index < -0.39 is 0 Å². The average Bonchev–Trinajstić information content (AvgIpc) is 2.65. The first-order valence-corrected chi connectivity index (χ1v) is 9.37. The monoisotopic (exact) mass is 448 g/mol. The van der Waals surface area contributed by atoms with Crippen LogP contribution in [0.25, 0.3) is 11.1 Å². The SMILES string of the molecule is Cc1[nH]c(C)c(-c2ccc(OCCCc3ccccn3)cc2)c(=O)c1Br.Cl. The highest BCUT2D eigenvalue weighted by molar-refractivity contribution is 9.10. The molecule has 0 saturated carbocycles. The first-order valence-electron chi connectivity index (χ1n) is 8.58.